The first kappa shape index (κ1) is 20.8. The van der Waals surface area contributed by atoms with Crippen LogP contribution in [0.4, 0.5) is 17.6 Å². The number of carboxylic acid groups (broad SMARTS) is 1. The Morgan fingerprint density at radius 1 is 1.18 bits per heavy atom. The molecule has 6 nitrogen and oxygen atoms in total. The molecule has 2 heterocycles. The summed E-state index contributed by atoms with van der Waals surface area (Å²) in [4.78, 5) is 13.7. The maximum absolute atomic E-state index is 14.1. The van der Waals surface area contributed by atoms with E-state index >= 15 is 0 Å². The highest BCUT2D eigenvalue weighted by molar-refractivity contribution is 9.11. The Balaban J connectivity index is 1.99. The molecule has 1 atom stereocenters. The van der Waals surface area contributed by atoms with E-state index in [1.54, 1.807) is 0 Å². The van der Waals surface area contributed by atoms with Gasteiger partial charge in [-0.2, -0.15) is 4.72 Å². The predicted octanol–water partition coefficient (Wildman–Crippen LogP) is 3.52. The van der Waals surface area contributed by atoms with Crippen LogP contribution in [0.5, 0.6) is 0 Å². The maximum atomic E-state index is 14.1. The third kappa shape index (κ3) is 3.66. The van der Waals surface area contributed by atoms with E-state index in [0.717, 1.165) is 17.5 Å². The number of thiophene rings is 1. The van der Waals surface area contributed by atoms with Crippen molar-refractivity contribution >= 4 is 54.2 Å². The van der Waals surface area contributed by atoms with Crippen LogP contribution in [0.3, 0.4) is 0 Å². The van der Waals surface area contributed by atoms with Gasteiger partial charge in [0.05, 0.1) is 9.30 Å². The summed E-state index contributed by atoms with van der Waals surface area (Å²) in [6.45, 7) is 0. The predicted molar refractivity (Wildman–Crippen MR) is 95.6 cm³/mol. The smallest absolute Gasteiger partial charge is 0.322 e. The maximum Gasteiger partial charge on any atom is 0.322 e. The van der Waals surface area contributed by atoms with E-state index < -0.39 is 62.6 Å². The number of hydrogen-bond acceptors (Lipinski definition) is 4. The lowest BCUT2D eigenvalue weighted by Crippen LogP contribution is -2.42. The third-order valence-corrected chi connectivity index (χ3v) is 7.40. The summed E-state index contributed by atoms with van der Waals surface area (Å²) < 4.78 is 81.7. The van der Waals surface area contributed by atoms with Crippen LogP contribution in [-0.2, 0) is 21.2 Å². The van der Waals surface area contributed by atoms with E-state index in [2.05, 4.69) is 20.9 Å². The number of halogens is 5. The summed E-state index contributed by atoms with van der Waals surface area (Å²) in [6, 6.07) is 0.916. The zero-order valence-corrected chi connectivity index (χ0v) is 16.6. The van der Waals surface area contributed by atoms with E-state index in [9.17, 15) is 35.9 Å². The molecule has 13 heteroatoms. The van der Waals surface area contributed by atoms with Gasteiger partial charge < -0.3 is 10.1 Å². The number of rotatable bonds is 6. The molecule has 28 heavy (non-hydrogen) atoms. The number of H-pyrrole nitrogens is 1. The first-order chi connectivity index (χ1) is 13.0. The number of nitrogens with one attached hydrogen (secondary N) is 2. The number of benzene rings is 1. The Bertz CT molecular complexity index is 1190. The molecule has 3 rings (SSSR count). The Morgan fingerprint density at radius 3 is 2.39 bits per heavy atom. The van der Waals surface area contributed by atoms with Gasteiger partial charge in [-0.1, -0.05) is 0 Å². The van der Waals surface area contributed by atoms with Gasteiger partial charge in [0, 0.05) is 18.0 Å². The van der Waals surface area contributed by atoms with Crippen molar-refractivity contribution in [2.45, 2.75) is 16.7 Å². The minimum Gasteiger partial charge on any atom is -0.480 e. The van der Waals surface area contributed by atoms with Crippen LogP contribution < -0.4 is 4.72 Å². The number of carbonyl (C=O) groups is 1. The highest BCUT2D eigenvalue weighted by Gasteiger charge is 2.30. The summed E-state index contributed by atoms with van der Waals surface area (Å²) in [5.74, 6) is -9.05. The molecule has 1 aromatic carbocycles. The van der Waals surface area contributed by atoms with E-state index in [4.69, 9.17) is 0 Å². The number of aromatic nitrogens is 1. The van der Waals surface area contributed by atoms with Crippen LogP contribution >= 0.6 is 27.3 Å². The second-order valence-electron chi connectivity index (χ2n) is 5.59. The summed E-state index contributed by atoms with van der Waals surface area (Å²) in [5, 5.41) is 8.64. The summed E-state index contributed by atoms with van der Waals surface area (Å²) in [6.07, 6.45) is 0.310. The number of hydrogen-bond donors (Lipinski definition) is 3. The highest BCUT2D eigenvalue weighted by atomic mass is 79.9. The van der Waals surface area contributed by atoms with E-state index in [0.29, 0.717) is 3.79 Å². The lowest BCUT2D eigenvalue weighted by molar-refractivity contribution is -0.138. The van der Waals surface area contributed by atoms with Gasteiger partial charge in [0.1, 0.15) is 10.3 Å². The number of fused-ring (bicyclic) bond motifs is 1. The molecule has 0 spiro atoms. The monoisotopic (exact) mass is 500 g/mol. The van der Waals surface area contributed by atoms with Crippen LogP contribution in [0.2, 0.25) is 0 Å². The van der Waals surface area contributed by atoms with E-state index in [-0.39, 0.29) is 9.77 Å². The fourth-order valence-electron chi connectivity index (χ4n) is 2.55. The van der Waals surface area contributed by atoms with Gasteiger partial charge in [-0.25, -0.2) is 26.0 Å². The SMILES string of the molecule is O=C(O)[C@@H](Cc1c[nH]c2c(F)c(F)c(F)c(F)c12)NS(=O)(=O)c1ccc(Br)s1. The average Bonchev–Trinajstić information content (AvgIpc) is 3.24. The second-order valence-corrected chi connectivity index (χ2v) is 10.00. The molecule has 0 radical (unpaired) electrons. The molecule has 150 valence electrons. The molecule has 0 saturated carbocycles. The second kappa shape index (κ2) is 7.46. The van der Waals surface area contributed by atoms with E-state index in [1.807, 2.05) is 4.72 Å². The Labute approximate surface area is 167 Å². The van der Waals surface area contributed by atoms with Gasteiger partial charge in [-0.05, 0) is 33.6 Å². The molecule has 0 aliphatic carbocycles. The van der Waals surface area contributed by atoms with Crippen molar-refractivity contribution in [3.8, 4) is 0 Å². The van der Waals surface area contributed by atoms with Crippen molar-refractivity contribution in [2.75, 3.05) is 0 Å². The number of aromatic amines is 1. The first-order valence-electron chi connectivity index (χ1n) is 7.35. The summed E-state index contributed by atoms with van der Waals surface area (Å²) >= 11 is 3.92. The number of sulfonamides is 1. The first-order valence-corrected chi connectivity index (χ1v) is 10.4. The molecule has 2 aromatic heterocycles. The molecular weight excluding hydrogens is 492 g/mol. The highest BCUT2D eigenvalue weighted by Crippen LogP contribution is 2.30. The summed E-state index contributed by atoms with van der Waals surface area (Å²) in [7, 11) is -4.23. The topological polar surface area (TPSA) is 99.3 Å². The van der Waals surface area contributed by atoms with E-state index in [1.165, 1.54) is 12.1 Å². The van der Waals surface area contributed by atoms with Crippen molar-refractivity contribution in [1.82, 2.24) is 9.71 Å². The molecule has 0 bridgehead atoms. The zero-order chi connectivity index (χ0) is 20.8. The van der Waals surface area contributed by atoms with Gasteiger partial charge >= 0.3 is 5.97 Å². The lowest BCUT2D eigenvalue weighted by Gasteiger charge is -2.14. The molecule has 0 aliphatic heterocycles. The quantitative estimate of drug-likeness (QED) is 0.274. The van der Waals surface area contributed by atoms with Crippen LogP contribution in [-0.4, -0.2) is 30.5 Å². The number of aliphatic carboxylic acids is 1. The molecule has 0 amide bonds. The zero-order valence-electron chi connectivity index (χ0n) is 13.4. The van der Waals surface area contributed by atoms with Crippen LogP contribution in [0.25, 0.3) is 10.9 Å². The third-order valence-electron chi connectivity index (χ3n) is 3.81. The molecular formula is C15H9BrF4N2O4S2. The fraction of sp³-hybridized carbons (Fsp3) is 0.133. The van der Waals surface area contributed by atoms with Gasteiger partial charge in [-0.3, -0.25) is 4.79 Å². The van der Waals surface area contributed by atoms with Crippen molar-refractivity contribution in [1.29, 1.82) is 0 Å². The van der Waals surface area contributed by atoms with Gasteiger partial charge in [0.2, 0.25) is 0 Å². The van der Waals surface area contributed by atoms with Crippen molar-refractivity contribution < 1.29 is 35.9 Å². The minimum absolute atomic E-state index is 0.171. The van der Waals surface area contributed by atoms with Gasteiger partial charge in [-0.15, -0.1) is 11.3 Å². The largest absolute Gasteiger partial charge is 0.480 e. The standard InChI is InChI=1S/C15H9BrF4N2O4S2/c16-7-1-2-8(27-7)28(25,26)22-6(15(23)24)3-5-4-21-14-9(5)10(17)11(18)12(19)13(14)20/h1-2,4,6,21-22H,3H2,(H,23,24)/t6-/m1/s1. The molecule has 0 aliphatic rings. The van der Waals surface area contributed by atoms with Gasteiger partial charge in [0.15, 0.2) is 23.3 Å². The van der Waals surface area contributed by atoms with Crippen molar-refractivity contribution in [2.24, 2.45) is 0 Å². The van der Waals surface area contributed by atoms with Crippen molar-refractivity contribution in [3.05, 3.63) is 50.9 Å². The Kier molecular flexibility index (Phi) is 5.53. The normalized spacial score (nSPS) is 13.2. The number of carboxylic acids is 1. The molecule has 0 fully saturated rings. The molecule has 0 saturated heterocycles. The average molecular weight is 501 g/mol. The van der Waals surface area contributed by atoms with Crippen molar-refractivity contribution in [3.63, 3.8) is 0 Å². The fourth-order valence-corrected chi connectivity index (χ4v) is 5.76. The molecule has 3 N–H and O–H groups in total. The van der Waals surface area contributed by atoms with Crippen LogP contribution in [0.15, 0.2) is 26.3 Å². The Hall–Kier alpha value is -1.96. The van der Waals surface area contributed by atoms with Gasteiger partial charge in [0.25, 0.3) is 10.0 Å². The van der Waals surface area contributed by atoms with Crippen LogP contribution in [0.1, 0.15) is 5.56 Å². The van der Waals surface area contributed by atoms with Crippen LogP contribution in [0, 0.1) is 23.3 Å². The minimum atomic E-state index is -4.23. The Morgan fingerprint density at radius 2 is 1.82 bits per heavy atom. The lowest BCUT2D eigenvalue weighted by atomic mass is 10.0. The summed E-state index contributed by atoms with van der Waals surface area (Å²) in [5.41, 5.74) is -0.937. The molecule has 3 aromatic rings. The molecule has 0 unspecified atom stereocenters.